The molecule has 0 aliphatic rings. The van der Waals surface area contributed by atoms with Crippen LogP contribution >= 0.6 is 0 Å². The minimum Gasteiger partial charge on any atom is -0.530 e. The van der Waals surface area contributed by atoms with Crippen molar-refractivity contribution in [2.75, 3.05) is 0 Å². The lowest BCUT2D eigenvalue weighted by Crippen LogP contribution is -2.35. The molecule has 0 unspecified atom stereocenters. The molecule has 0 aliphatic carbocycles. The Labute approximate surface area is 255 Å². The molecule has 0 radical (unpaired) electrons. The van der Waals surface area contributed by atoms with E-state index in [2.05, 4.69) is 20.1 Å². The summed E-state index contributed by atoms with van der Waals surface area (Å²) in [6, 6.07) is 19.8. The van der Waals surface area contributed by atoms with Gasteiger partial charge in [-0.1, -0.05) is 30.3 Å². The number of aryl methyl sites for hydroxylation is 1. The number of ether oxygens (including phenoxy) is 1. The Balaban J connectivity index is 1.65. The fraction of sp³-hybridized carbons (Fsp3) is 0.188. The molecule has 0 spiro atoms. The molecule has 2 heterocycles. The van der Waals surface area contributed by atoms with Gasteiger partial charge in [-0.15, -0.1) is 13.2 Å². The van der Waals surface area contributed by atoms with E-state index in [9.17, 15) is 27.9 Å². The smallest absolute Gasteiger partial charge is 0.530 e. The second-order valence-corrected chi connectivity index (χ2v) is 10.7. The topological polar surface area (TPSA) is 148 Å². The number of aromatic nitrogens is 3. The molecule has 13 heteroatoms. The fourth-order valence-corrected chi connectivity index (χ4v) is 4.70. The summed E-state index contributed by atoms with van der Waals surface area (Å²) >= 11 is 0. The minimum atomic E-state index is -4.84. The Hall–Kier alpha value is -5.59. The first-order valence-electron chi connectivity index (χ1n) is 13.6. The lowest BCUT2D eigenvalue weighted by Gasteiger charge is -2.22. The molecular weight excluding hydrogens is 591 g/mol. The molecule has 0 fully saturated rings. The average Bonchev–Trinajstić information content (AvgIpc) is 3.62. The summed E-state index contributed by atoms with van der Waals surface area (Å²) in [5.41, 5.74) is 9.29. The van der Waals surface area contributed by atoms with Crippen molar-refractivity contribution in [1.82, 2.24) is 20.1 Å². The molecule has 10 nitrogen and oxygen atoms in total. The largest absolute Gasteiger partial charge is 0.573 e. The maximum Gasteiger partial charge on any atom is 0.573 e. The maximum atomic E-state index is 12.7. The number of nitrogens with zero attached hydrogens (tertiary/aromatic N) is 3. The van der Waals surface area contributed by atoms with Crippen LogP contribution in [0.4, 0.5) is 18.0 Å². The number of hydrogen-bond acceptors (Lipinski definition) is 7. The van der Waals surface area contributed by atoms with Gasteiger partial charge in [-0.05, 0) is 73.0 Å². The van der Waals surface area contributed by atoms with Gasteiger partial charge in [0, 0.05) is 24.2 Å². The third-order valence-corrected chi connectivity index (χ3v) is 7.18. The number of nitrogens with one attached hydrogen (secondary N) is 1. The van der Waals surface area contributed by atoms with Crippen LogP contribution in [-0.4, -0.2) is 33.1 Å². The van der Waals surface area contributed by atoms with E-state index in [1.54, 1.807) is 43.8 Å². The van der Waals surface area contributed by atoms with E-state index in [1.807, 2.05) is 36.4 Å². The first-order chi connectivity index (χ1) is 21.2. The number of benzene rings is 3. The highest BCUT2D eigenvalue weighted by atomic mass is 19.4. The summed E-state index contributed by atoms with van der Waals surface area (Å²) < 4.78 is 49.9. The molecule has 232 valence electrons. The number of nitrogens with two attached hydrogens (primary N) is 1. The SMILES string of the molecule is Cc1nc(-c2ccc(OC(F)(F)F)cc2)c(-c2cc(-c3cccc(C(C)(C)C(N)=O)c3)ccc2-n2ccc(CNC(=O)[O-])n2)o1. The number of primary amides is 1. The normalized spacial score (nSPS) is 11.8. The van der Waals surface area contributed by atoms with Crippen LogP contribution in [0.2, 0.25) is 0 Å². The van der Waals surface area contributed by atoms with Crippen molar-refractivity contribution < 1.29 is 37.0 Å². The number of halogens is 3. The van der Waals surface area contributed by atoms with Crippen LogP contribution in [0.25, 0.3) is 39.4 Å². The number of carbonyl (C=O) groups excluding carboxylic acids is 2. The molecule has 0 aliphatic heterocycles. The third-order valence-electron chi connectivity index (χ3n) is 7.18. The summed E-state index contributed by atoms with van der Waals surface area (Å²) in [5.74, 6) is -0.251. The maximum absolute atomic E-state index is 12.7. The summed E-state index contributed by atoms with van der Waals surface area (Å²) in [7, 11) is 0. The van der Waals surface area contributed by atoms with Gasteiger partial charge in [0.05, 0.1) is 23.3 Å². The lowest BCUT2D eigenvalue weighted by molar-refractivity contribution is -0.274. The predicted molar refractivity (Wildman–Crippen MR) is 156 cm³/mol. The Morgan fingerprint density at radius 3 is 2.36 bits per heavy atom. The molecule has 2 aromatic heterocycles. The van der Waals surface area contributed by atoms with Gasteiger partial charge in [0.1, 0.15) is 17.5 Å². The Morgan fingerprint density at radius 1 is 1.00 bits per heavy atom. The van der Waals surface area contributed by atoms with Gasteiger partial charge in [0.15, 0.2) is 11.7 Å². The van der Waals surface area contributed by atoms with Gasteiger partial charge in [-0.25, -0.2) is 9.67 Å². The number of carboxylic acid groups (broad SMARTS) is 1. The number of rotatable bonds is 9. The zero-order chi connectivity index (χ0) is 32.5. The molecule has 3 aromatic carbocycles. The van der Waals surface area contributed by atoms with Crippen LogP contribution in [0.15, 0.2) is 83.4 Å². The molecule has 3 N–H and O–H groups in total. The molecule has 5 rings (SSSR count). The monoisotopic (exact) mass is 618 g/mol. The van der Waals surface area contributed by atoms with Crippen molar-refractivity contribution in [3.05, 3.63) is 96.1 Å². The van der Waals surface area contributed by atoms with E-state index < -0.39 is 23.8 Å². The number of alkyl halides is 3. The quantitative estimate of drug-likeness (QED) is 0.229. The zero-order valence-electron chi connectivity index (χ0n) is 24.3. The van der Waals surface area contributed by atoms with Gasteiger partial charge in [-0.2, -0.15) is 5.10 Å². The molecular formula is C32H27F3N5O5-. The predicted octanol–water partition coefficient (Wildman–Crippen LogP) is 5.26. The Bertz CT molecular complexity index is 1880. The van der Waals surface area contributed by atoms with Crippen molar-refractivity contribution in [3.63, 3.8) is 0 Å². The lowest BCUT2D eigenvalue weighted by atomic mass is 9.82. The Morgan fingerprint density at radius 2 is 1.69 bits per heavy atom. The van der Waals surface area contributed by atoms with Crippen molar-refractivity contribution in [3.8, 4) is 45.1 Å². The third kappa shape index (κ3) is 6.82. The highest BCUT2D eigenvalue weighted by molar-refractivity contribution is 5.87. The molecule has 5 aromatic rings. The van der Waals surface area contributed by atoms with E-state index in [1.165, 1.54) is 24.3 Å². The number of amides is 2. The fourth-order valence-electron chi connectivity index (χ4n) is 4.70. The molecule has 2 amide bonds. The molecule has 45 heavy (non-hydrogen) atoms. The van der Waals surface area contributed by atoms with E-state index in [0.29, 0.717) is 45.4 Å². The summed E-state index contributed by atoms with van der Waals surface area (Å²) in [5, 5.41) is 17.5. The average molecular weight is 619 g/mol. The molecule has 0 atom stereocenters. The zero-order valence-corrected chi connectivity index (χ0v) is 24.3. The first kappa shape index (κ1) is 30.9. The highest BCUT2D eigenvalue weighted by Crippen LogP contribution is 2.39. The van der Waals surface area contributed by atoms with Gasteiger partial charge < -0.3 is 30.1 Å². The van der Waals surface area contributed by atoms with Crippen LogP contribution in [0.3, 0.4) is 0 Å². The van der Waals surface area contributed by atoms with Crippen LogP contribution < -0.4 is 20.9 Å². The van der Waals surface area contributed by atoms with Crippen molar-refractivity contribution >= 4 is 12.0 Å². The summed E-state index contributed by atoms with van der Waals surface area (Å²) in [6.45, 7) is 5.04. The second kappa shape index (κ2) is 11.8. The van der Waals surface area contributed by atoms with Gasteiger partial charge in [-0.3, -0.25) is 4.79 Å². The Kier molecular flexibility index (Phi) is 8.11. The van der Waals surface area contributed by atoms with E-state index in [4.69, 9.17) is 10.2 Å². The molecule has 0 saturated carbocycles. The molecule has 0 bridgehead atoms. The van der Waals surface area contributed by atoms with E-state index in [-0.39, 0.29) is 12.3 Å². The number of oxazole rings is 1. The van der Waals surface area contributed by atoms with E-state index in [0.717, 1.165) is 11.1 Å². The van der Waals surface area contributed by atoms with Crippen LogP contribution in [-0.2, 0) is 16.8 Å². The summed E-state index contributed by atoms with van der Waals surface area (Å²) in [6.07, 6.45) is -4.63. The van der Waals surface area contributed by atoms with Gasteiger partial charge in [0.2, 0.25) is 5.91 Å². The standard InChI is InChI=1S/C32H28F3N5O5/c1-18-38-27(19-7-10-24(11-8-19)45-32(33,34)35)28(44-18)25-16-21(20-5-4-6-22(15-20)31(2,3)29(36)41)9-12-26(25)40-14-13-23(39-40)17-37-30(42)43/h4-16,37H,17H2,1-3H3,(H2,36,41)(H,42,43)/p-1. The minimum absolute atomic E-state index is 0.0792. The highest BCUT2D eigenvalue weighted by Gasteiger charge is 2.31. The van der Waals surface area contributed by atoms with Crippen LogP contribution in [0.5, 0.6) is 5.75 Å². The number of carbonyl (C=O) groups is 2. The summed E-state index contributed by atoms with van der Waals surface area (Å²) in [4.78, 5) is 27.6. The number of hydrogen-bond donors (Lipinski definition) is 2. The van der Waals surface area contributed by atoms with E-state index >= 15 is 0 Å². The first-order valence-corrected chi connectivity index (χ1v) is 13.6. The van der Waals surface area contributed by atoms with Gasteiger partial charge in [0.25, 0.3) is 0 Å². The van der Waals surface area contributed by atoms with Crippen molar-refractivity contribution in [2.24, 2.45) is 5.73 Å². The van der Waals surface area contributed by atoms with Crippen LogP contribution in [0.1, 0.15) is 31.0 Å². The van der Waals surface area contributed by atoms with Crippen molar-refractivity contribution in [1.29, 1.82) is 0 Å². The van der Waals surface area contributed by atoms with Gasteiger partial charge >= 0.3 is 6.36 Å². The second-order valence-electron chi connectivity index (χ2n) is 10.7. The molecule has 0 saturated heterocycles. The van der Waals surface area contributed by atoms with Crippen molar-refractivity contribution in [2.45, 2.75) is 39.1 Å². The van der Waals surface area contributed by atoms with Crippen LogP contribution in [0, 0.1) is 6.92 Å².